The van der Waals surface area contributed by atoms with Crippen LogP contribution in [0.3, 0.4) is 0 Å². The Kier molecular flexibility index (Phi) is 8.00. The van der Waals surface area contributed by atoms with Crippen molar-refractivity contribution in [3.8, 4) is 0 Å². The molecule has 4 rings (SSSR count). The lowest BCUT2D eigenvalue weighted by molar-refractivity contribution is -0.128. The van der Waals surface area contributed by atoms with Crippen molar-refractivity contribution in [1.29, 1.82) is 0 Å². The third-order valence-corrected chi connectivity index (χ3v) is 6.04. The highest BCUT2D eigenvalue weighted by atomic mass is 35.5. The zero-order valence-electron chi connectivity index (χ0n) is 19.6. The van der Waals surface area contributed by atoms with Crippen LogP contribution >= 0.6 is 11.6 Å². The van der Waals surface area contributed by atoms with Crippen LogP contribution in [0.1, 0.15) is 21.5 Å². The molecule has 1 unspecified atom stereocenters. The van der Waals surface area contributed by atoms with Crippen LogP contribution in [0.2, 0.25) is 5.02 Å². The van der Waals surface area contributed by atoms with E-state index in [-0.39, 0.29) is 25.2 Å². The van der Waals surface area contributed by atoms with Gasteiger partial charge in [0.25, 0.3) is 11.8 Å². The summed E-state index contributed by atoms with van der Waals surface area (Å²) in [5.41, 5.74) is 7.45. The number of urea groups is 1. The summed E-state index contributed by atoms with van der Waals surface area (Å²) < 4.78 is 27.6. The number of rotatable bonds is 6. The Labute approximate surface area is 217 Å². The molecule has 192 valence electrons. The second-order valence-corrected chi connectivity index (χ2v) is 8.84. The molecule has 1 heterocycles. The normalized spacial score (nSPS) is 15.0. The number of carbonyl (C=O) groups is 3. The van der Waals surface area contributed by atoms with E-state index in [9.17, 15) is 23.2 Å². The third kappa shape index (κ3) is 6.22. The van der Waals surface area contributed by atoms with E-state index in [0.717, 1.165) is 28.2 Å². The van der Waals surface area contributed by atoms with E-state index in [4.69, 9.17) is 17.3 Å². The topological polar surface area (TPSA) is 108 Å². The van der Waals surface area contributed by atoms with Gasteiger partial charge >= 0.3 is 6.03 Å². The summed E-state index contributed by atoms with van der Waals surface area (Å²) in [4.78, 5) is 42.0. The summed E-state index contributed by atoms with van der Waals surface area (Å²) in [7, 11) is 0. The van der Waals surface area contributed by atoms with Crippen LogP contribution in [0, 0.1) is 11.6 Å². The number of nitrogens with zero attached hydrogens (tertiary/aromatic N) is 2. The number of benzene rings is 3. The van der Waals surface area contributed by atoms with Crippen molar-refractivity contribution in [3.05, 3.63) is 100 Å². The number of nitrogens with two attached hydrogens (primary N) is 1. The first-order chi connectivity index (χ1) is 17.7. The van der Waals surface area contributed by atoms with E-state index in [1.165, 1.54) is 11.0 Å². The SMILES string of the molecule is NCc1cccc(CNC(=O)C2N(C(=O)Nc3cccc(Cl)c3)CCN2C(=O)c2cc(F)cc(F)c2)c1. The van der Waals surface area contributed by atoms with Gasteiger partial charge in [0.1, 0.15) is 11.6 Å². The van der Waals surface area contributed by atoms with Crippen molar-refractivity contribution in [2.45, 2.75) is 19.3 Å². The molecule has 3 aromatic rings. The molecule has 0 aliphatic carbocycles. The lowest BCUT2D eigenvalue weighted by Crippen LogP contribution is -2.54. The lowest BCUT2D eigenvalue weighted by atomic mass is 10.1. The van der Waals surface area contributed by atoms with Crippen LogP contribution in [0.5, 0.6) is 0 Å². The number of hydrogen-bond acceptors (Lipinski definition) is 4. The molecule has 1 saturated heterocycles. The largest absolute Gasteiger partial charge is 0.349 e. The van der Waals surface area contributed by atoms with E-state index in [1.807, 2.05) is 12.1 Å². The minimum atomic E-state index is -1.37. The number of nitrogens with one attached hydrogen (secondary N) is 2. The Balaban J connectivity index is 1.59. The second-order valence-electron chi connectivity index (χ2n) is 8.41. The van der Waals surface area contributed by atoms with E-state index in [2.05, 4.69) is 10.6 Å². The monoisotopic (exact) mass is 527 g/mol. The number of carbonyl (C=O) groups excluding carboxylic acids is 3. The minimum absolute atomic E-state index is 0.0106. The molecule has 0 spiro atoms. The van der Waals surface area contributed by atoms with Crippen LogP contribution in [0.25, 0.3) is 0 Å². The van der Waals surface area contributed by atoms with Gasteiger partial charge in [0.05, 0.1) is 0 Å². The summed E-state index contributed by atoms with van der Waals surface area (Å²) in [5, 5.41) is 5.81. The molecule has 3 aromatic carbocycles. The second kappa shape index (κ2) is 11.4. The lowest BCUT2D eigenvalue weighted by Gasteiger charge is -2.29. The third-order valence-electron chi connectivity index (χ3n) is 5.81. The van der Waals surface area contributed by atoms with Crippen molar-refractivity contribution in [2.24, 2.45) is 5.73 Å². The van der Waals surface area contributed by atoms with E-state index >= 15 is 0 Å². The van der Waals surface area contributed by atoms with E-state index in [1.54, 1.807) is 30.3 Å². The average Bonchev–Trinajstić information content (AvgIpc) is 3.32. The Hall–Kier alpha value is -4.02. The van der Waals surface area contributed by atoms with Crippen LogP contribution in [0.4, 0.5) is 19.3 Å². The molecule has 0 bridgehead atoms. The first-order valence-electron chi connectivity index (χ1n) is 11.4. The molecule has 1 aliphatic heterocycles. The van der Waals surface area contributed by atoms with Gasteiger partial charge in [-0.1, -0.05) is 41.9 Å². The van der Waals surface area contributed by atoms with Gasteiger partial charge in [-0.2, -0.15) is 0 Å². The number of hydrogen-bond donors (Lipinski definition) is 3. The Bertz CT molecular complexity index is 1320. The molecular formula is C26H24ClF2N5O3. The molecule has 1 fully saturated rings. The molecule has 8 nitrogen and oxygen atoms in total. The molecule has 1 aliphatic rings. The highest BCUT2D eigenvalue weighted by Crippen LogP contribution is 2.22. The van der Waals surface area contributed by atoms with Crippen molar-refractivity contribution in [3.63, 3.8) is 0 Å². The number of halogens is 3. The molecule has 0 radical (unpaired) electrons. The van der Waals surface area contributed by atoms with Gasteiger partial charge < -0.3 is 21.3 Å². The van der Waals surface area contributed by atoms with Crippen molar-refractivity contribution in [1.82, 2.24) is 15.1 Å². The average molecular weight is 528 g/mol. The maximum Gasteiger partial charge on any atom is 0.323 e. The van der Waals surface area contributed by atoms with Gasteiger partial charge in [0.2, 0.25) is 0 Å². The molecule has 37 heavy (non-hydrogen) atoms. The molecular weight excluding hydrogens is 504 g/mol. The standard InChI is InChI=1S/C26H24ClF2N5O3/c27-19-5-2-6-22(12-19)32-26(37)34-8-7-33(25(36)18-10-20(28)13-21(29)11-18)24(34)23(35)31-15-17-4-1-3-16(9-17)14-30/h1-6,9-13,24H,7-8,14-15,30H2,(H,31,35)(H,32,37). The smallest absolute Gasteiger partial charge is 0.323 e. The first-order valence-corrected chi connectivity index (χ1v) is 11.8. The molecule has 4 amide bonds. The van der Waals surface area contributed by atoms with Gasteiger partial charge in [-0.15, -0.1) is 0 Å². The van der Waals surface area contributed by atoms with Gasteiger partial charge in [-0.3, -0.25) is 14.5 Å². The number of amides is 4. The van der Waals surface area contributed by atoms with Crippen LogP contribution < -0.4 is 16.4 Å². The first kappa shape index (κ1) is 26.1. The van der Waals surface area contributed by atoms with Crippen LogP contribution in [0.15, 0.2) is 66.7 Å². The van der Waals surface area contributed by atoms with Crippen molar-refractivity contribution < 1.29 is 23.2 Å². The van der Waals surface area contributed by atoms with Crippen LogP contribution in [-0.4, -0.2) is 46.9 Å². The predicted octanol–water partition coefficient (Wildman–Crippen LogP) is 3.71. The summed E-state index contributed by atoms with van der Waals surface area (Å²) in [6, 6.07) is 15.5. The van der Waals surface area contributed by atoms with Crippen molar-refractivity contribution >= 4 is 35.1 Å². The molecule has 0 saturated carbocycles. The van der Waals surface area contributed by atoms with Crippen molar-refractivity contribution in [2.75, 3.05) is 18.4 Å². The minimum Gasteiger partial charge on any atom is -0.349 e. The van der Waals surface area contributed by atoms with Gasteiger partial charge in [-0.05, 0) is 41.5 Å². The maximum atomic E-state index is 13.8. The quantitative estimate of drug-likeness (QED) is 0.454. The molecule has 0 aromatic heterocycles. The summed E-state index contributed by atoms with van der Waals surface area (Å²) >= 11 is 6.00. The Morgan fingerprint density at radius 1 is 0.919 bits per heavy atom. The highest BCUT2D eigenvalue weighted by molar-refractivity contribution is 6.30. The van der Waals surface area contributed by atoms with Gasteiger partial charge in [0.15, 0.2) is 6.17 Å². The number of anilines is 1. The molecule has 11 heteroatoms. The molecule has 4 N–H and O–H groups in total. The Morgan fingerprint density at radius 2 is 1.59 bits per heavy atom. The maximum absolute atomic E-state index is 13.8. The van der Waals surface area contributed by atoms with Crippen LogP contribution in [-0.2, 0) is 17.9 Å². The van der Waals surface area contributed by atoms with E-state index in [0.29, 0.717) is 23.3 Å². The fourth-order valence-corrected chi connectivity index (χ4v) is 4.28. The zero-order valence-corrected chi connectivity index (χ0v) is 20.3. The van der Waals surface area contributed by atoms with E-state index < -0.39 is 35.6 Å². The summed E-state index contributed by atoms with van der Waals surface area (Å²) in [6.07, 6.45) is -1.37. The fourth-order valence-electron chi connectivity index (χ4n) is 4.09. The molecule has 1 atom stereocenters. The predicted molar refractivity (Wildman–Crippen MR) is 135 cm³/mol. The highest BCUT2D eigenvalue weighted by Gasteiger charge is 2.43. The Morgan fingerprint density at radius 3 is 2.30 bits per heavy atom. The fraction of sp³-hybridized carbons (Fsp3) is 0.192. The zero-order chi connectivity index (χ0) is 26.5. The van der Waals surface area contributed by atoms with Gasteiger partial charge in [-0.25, -0.2) is 13.6 Å². The summed E-state index contributed by atoms with van der Waals surface area (Å²) in [6.45, 7) is 0.426. The summed E-state index contributed by atoms with van der Waals surface area (Å²) in [5.74, 6) is -3.29. The van der Waals surface area contributed by atoms with Gasteiger partial charge in [0, 0.05) is 48.5 Å².